The molecule has 0 saturated carbocycles. The van der Waals surface area contributed by atoms with E-state index in [0.717, 1.165) is 17.3 Å². The van der Waals surface area contributed by atoms with Crippen molar-refractivity contribution in [1.29, 1.82) is 0 Å². The minimum Gasteiger partial charge on any atom is -0.503 e. The first-order valence-corrected chi connectivity index (χ1v) is 10.3. The van der Waals surface area contributed by atoms with Crippen LogP contribution in [0.1, 0.15) is 38.0 Å². The van der Waals surface area contributed by atoms with E-state index in [1.54, 1.807) is 4.90 Å². The summed E-state index contributed by atoms with van der Waals surface area (Å²) in [6.07, 6.45) is 0.801. The van der Waals surface area contributed by atoms with Gasteiger partial charge in [-0.1, -0.05) is 60.7 Å². The highest BCUT2D eigenvalue weighted by Gasteiger charge is 2.45. The summed E-state index contributed by atoms with van der Waals surface area (Å²) >= 11 is 0. The first-order chi connectivity index (χ1) is 15.5. The molecular weight excluding hydrogens is 410 g/mol. The van der Waals surface area contributed by atoms with E-state index in [-0.39, 0.29) is 24.4 Å². The van der Waals surface area contributed by atoms with E-state index >= 15 is 0 Å². The predicted molar refractivity (Wildman–Crippen MR) is 116 cm³/mol. The van der Waals surface area contributed by atoms with Crippen molar-refractivity contribution >= 4 is 11.9 Å². The number of carbonyl (C=O) groups excluding carboxylic acids is 1. The number of rotatable bonds is 4. The zero-order valence-electron chi connectivity index (χ0n) is 17.1. The SMILES string of the molecule is O=C(O)c1cn2c(c(O)c1=O)C(=O)N1CCN(C(c3ccccc3)c3ccccc3)C1C2. The summed E-state index contributed by atoms with van der Waals surface area (Å²) in [5.74, 6) is -2.73. The Morgan fingerprint density at radius 2 is 1.53 bits per heavy atom. The summed E-state index contributed by atoms with van der Waals surface area (Å²) in [4.78, 5) is 40.8. The molecule has 0 radical (unpaired) electrons. The summed E-state index contributed by atoms with van der Waals surface area (Å²) in [7, 11) is 0. The molecule has 2 aromatic carbocycles. The van der Waals surface area contributed by atoms with Crippen LogP contribution in [-0.2, 0) is 6.54 Å². The Kier molecular flexibility index (Phi) is 4.79. The van der Waals surface area contributed by atoms with Gasteiger partial charge in [-0.15, -0.1) is 0 Å². The van der Waals surface area contributed by atoms with E-state index < -0.39 is 28.6 Å². The topological polar surface area (TPSA) is 103 Å². The molecular formula is C24H21N3O5. The van der Waals surface area contributed by atoms with Crippen molar-refractivity contribution in [3.05, 3.63) is 99.5 Å². The summed E-state index contributed by atoms with van der Waals surface area (Å²) in [5, 5.41) is 19.7. The third kappa shape index (κ3) is 3.07. The van der Waals surface area contributed by atoms with Crippen LogP contribution in [-0.4, -0.2) is 55.7 Å². The van der Waals surface area contributed by atoms with Crippen molar-refractivity contribution in [3.8, 4) is 5.75 Å². The van der Waals surface area contributed by atoms with Gasteiger partial charge in [-0.05, 0) is 11.1 Å². The standard InChI is InChI=1S/C24H21N3O5/c28-21-17(24(31)32)13-25-14-18-26(11-12-27(18)23(30)20(25)22(21)29)19(15-7-3-1-4-8-15)16-9-5-2-6-10-16/h1-10,13,18-19,29H,11-12,14H2,(H,31,32). The maximum absolute atomic E-state index is 13.2. The number of aromatic carboxylic acids is 1. The summed E-state index contributed by atoms with van der Waals surface area (Å²) in [6.45, 7) is 1.27. The number of fused-ring (bicyclic) bond motifs is 2. The fourth-order valence-corrected chi connectivity index (χ4v) is 4.77. The Hall–Kier alpha value is -3.91. The fraction of sp³-hybridized carbons (Fsp3) is 0.208. The number of hydrogen-bond acceptors (Lipinski definition) is 5. The third-order valence-electron chi connectivity index (χ3n) is 6.21. The lowest BCUT2D eigenvalue weighted by Gasteiger charge is -2.39. The highest BCUT2D eigenvalue weighted by Crippen LogP contribution is 2.37. The molecule has 2 aliphatic rings. The normalized spacial score (nSPS) is 18.0. The summed E-state index contributed by atoms with van der Waals surface area (Å²) in [6, 6.07) is 19.9. The van der Waals surface area contributed by atoms with E-state index in [2.05, 4.69) is 4.90 Å². The molecule has 32 heavy (non-hydrogen) atoms. The second-order valence-electron chi connectivity index (χ2n) is 7.97. The number of nitrogens with zero attached hydrogens (tertiary/aromatic N) is 3. The molecule has 1 amide bonds. The van der Waals surface area contributed by atoms with Crippen molar-refractivity contribution in [2.45, 2.75) is 18.8 Å². The highest BCUT2D eigenvalue weighted by molar-refractivity contribution is 5.97. The second-order valence-corrected chi connectivity index (χ2v) is 7.97. The zero-order valence-corrected chi connectivity index (χ0v) is 17.1. The lowest BCUT2D eigenvalue weighted by molar-refractivity contribution is 0.0449. The van der Waals surface area contributed by atoms with Crippen LogP contribution in [0.25, 0.3) is 0 Å². The van der Waals surface area contributed by atoms with Crippen LogP contribution in [0.4, 0.5) is 0 Å². The van der Waals surface area contributed by atoms with Crippen molar-refractivity contribution in [2.24, 2.45) is 0 Å². The van der Waals surface area contributed by atoms with E-state index in [0.29, 0.717) is 13.1 Å². The van der Waals surface area contributed by atoms with Crippen molar-refractivity contribution in [3.63, 3.8) is 0 Å². The monoisotopic (exact) mass is 431 g/mol. The van der Waals surface area contributed by atoms with Gasteiger partial charge in [0.25, 0.3) is 5.91 Å². The number of pyridine rings is 1. The number of carboxylic acid groups (broad SMARTS) is 1. The van der Waals surface area contributed by atoms with Gasteiger partial charge in [-0.25, -0.2) is 4.79 Å². The largest absolute Gasteiger partial charge is 0.503 e. The van der Waals surface area contributed by atoms with Gasteiger partial charge >= 0.3 is 5.97 Å². The second kappa shape index (κ2) is 7.65. The van der Waals surface area contributed by atoms with Gasteiger partial charge in [0.1, 0.15) is 11.7 Å². The molecule has 1 saturated heterocycles. The van der Waals surface area contributed by atoms with Crippen LogP contribution >= 0.6 is 0 Å². The Morgan fingerprint density at radius 1 is 0.938 bits per heavy atom. The average Bonchev–Trinajstić information content (AvgIpc) is 3.21. The van der Waals surface area contributed by atoms with Crippen LogP contribution in [0.3, 0.4) is 0 Å². The Balaban J connectivity index is 1.60. The Bertz CT molecular complexity index is 1220. The molecule has 1 unspecified atom stereocenters. The number of carboxylic acids is 1. The van der Waals surface area contributed by atoms with Crippen molar-refractivity contribution in [2.75, 3.05) is 13.1 Å². The van der Waals surface area contributed by atoms with Gasteiger partial charge in [0, 0.05) is 19.3 Å². The maximum atomic E-state index is 13.2. The number of carbonyl (C=O) groups is 2. The molecule has 1 aromatic heterocycles. The average molecular weight is 431 g/mol. The fourth-order valence-electron chi connectivity index (χ4n) is 4.77. The summed E-state index contributed by atoms with van der Waals surface area (Å²) in [5.41, 5.74) is 0.396. The lowest BCUT2D eigenvalue weighted by atomic mass is 9.96. The first kappa shape index (κ1) is 20.0. The Morgan fingerprint density at radius 3 is 2.09 bits per heavy atom. The molecule has 8 nitrogen and oxygen atoms in total. The minimum absolute atomic E-state index is 0.117. The maximum Gasteiger partial charge on any atom is 0.341 e. The number of aromatic hydroxyl groups is 1. The molecule has 2 N–H and O–H groups in total. The molecule has 162 valence electrons. The molecule has 0 bridgehead atoms. The van der Waals surface area contributed by atoms with E-state index in [1.807, 2.05) is 60.7 Å². The van der Waals surface area contributed by atoms with Crippen LogP contribution in [0.5, 0.6) is 5.75 Å². The van der Waals surface area contributed by atoms with Crippen molar-refractivity contribution in [1.82, 2.24) is 14.4 Å². The molecule has 1 fully saturated rings. The Labute approximate surface area is 183 Å². The zero-order chi connectivity index (χ0) is 22.4. The smallest absolute Gasteiger partial charge is 0.341 e. The number of benzene rings is 2. The molecule has 3 heterocycles. The van der Waals surface area contributed by atoms with Crippen LogP contribution in [0.15, 0.2) is 71.7 Å². The van der Waals surface area contributed by atoms with Gasteiger partial charge in [-0.3, -0.25) is 14.5 Å². The van der Waals surface area contributed by atoms with Gasteiger partial charge < -0.3 is 19.7 Å². The molecule has 1 atom stereocenters. The van der Waals surface area contributed by atoms with Gasteiger partial charge in [-0.2, -0.15) is 0 Å². The minimum atomic E-state index is -1.44. The highest BCUT2D eigenvalue weighted by atomic mass is 16.4. The number of hydrogen-bond donors (Lipinski definition) is 2. The van der Waals surface area contributed by atoms with Crippen LogP contribution < -0.4 is 5.43 Å². The van der Waals surface area contributed by atoms with E-state index in [4.69, 9.17) is 0 Å². The molecule has 0 spiro atoms. The molecule has 2 aliphatic heterocycles. The van der Waals surface area contributed by atoms with Gasteiger partial charge in [0.05, 0.1) is 12.6 Å². The van der Waals surface area contributed by atoms with Crippen LogP contribution in [0.2, 0.25) is 0 Å². The molecule has 3 aromatic rings. The first-order valence-electron chi connectivity index (χ1n) is 10.3. The van der Waals surface area contributed by atoms with Crippen LogP contribution in [0, 0.1) is 0 Å². The number of amides is 1. The van der Waals surface area contributed by atoms with E-state index in [1.165, 1.54) is 4.57 Å². The van der Waals surface area contributed by atoms with Gasteiger partial charge in [0.15, 0.2) is 11.4 Å². The predicted octanol–water partition coefficient (Wildman–Crippen LogP) is 2.14. The van der Waals surface area contributed by atoms with Gasteiger partial charge in [0.2, 0.25) is 5.43 Å². The molecule has 0 aliphatic carbocycles. The summed E-state index contributed by atoms with van der Waals surface area (Å²) < 4.78 is 1.40. The quantitative estimate of drug-likeness (QED) is 0.656. The lowest BCUT2D eigenvalue weighted by Crippen LogP contribution is -2.51. The third-order valence-corrected chi connectivity index (χ3v) is 6.21. The van der Waals surface area contributed by atoms with E-state index in [9.17, 15) is 24.6 Å². The number of aromatic nitrogens is 1. The van der Waals surface area contributed by atoms with Crippen molar-refractivity contribution < 1.29 is 19.8 Å². The molecule has 5 rings (SSSR count). The molecule has 8 heteroatoms.